The molecule has 0 bridgehead atoms. The maximum atomic E-state index is 13.5. The number of amides is 1. The number of halogens is 1. The minimum Gasteiger partial charge on any atom is -0.374 e. The molecule has 2 aliphatic rings. The maximum absolute atomic E-state index is 13.5. The standard InChI is InChI=1S/C24H33FN6O/c1-26-23-19-16-29(2)13-10-20(19)27-24(28-23)21-9-4-5-12-31(21)22(32)11-14-30(3)18-8-6-7-17(25)15-18/h6-8,15,21H,4-5,9-14,16H2,1-3H3,(H,26,27,28)/t21-/m1/s1. The Morgan fingerprint density at radius 1 is 1.28 bits per heavy atom. The molecule has 172 valence electrons. The van der Waals surface area contributed by atoms with Crippen LogP contribution in [0.15, 0.2) is 24.3 Å². The number of fused-ring (bicyclic) bond motifs is 1. The zero-order chi connectivity index (χ0) is 22.7. The second-order valence-corrected chi connectivity index (χ2v) is 8.84. The molecule has 4 rings (SSSR count). The summed E-state index contributed by atoms with van der Waals surface area (Å²) in [5.41, 5.74) is 3.03. The van der Waals surface area contributed by atoms with E-state index < -0.39 is 0 Å². The number of hydrogen-bond acceptors (Lipinski definition) is 6. The molecule has 1 atom stereocenters. The monoisotopic (exact) mass is 440 g/mol. The Morgan fingerprint density at radius 2 is 2.12 bits per heavy atom. The molecule has 0 saturated carbocycles. The number of piperidine rings is 1. The molecule has 2 aromatic rings. The molecule has 0 aliphatic carbocycles. The largest absolute Gasteiger partial charge is 0.374 e. The van der Waals surface area contributed by atoms with E-state index in [1.165, 1.54) is 12.1 Å². The molecule has 32 heavy (non-hydrogen) atoms. The molecule has 8 heteroatoms. The van der Waals surface area contributed by atoms with Crippen molar-refractivity contribution >= 4 is 17.4 Å². The summed E-state index contributed by atoms with van der Waals surface area (Å²) in [5, 5.41) is 3.24. The molecule has 1 aromatic heterocycles. The lowest BCUT2D eigenvalue weighted by molar-refractivity contribution is -0.135. The number of aromatic nitrogens is 2. The van der Waals surface area contributed by atoms with Gasteiger partial charge in [0.25, 0.3) is 0 Å². The summed E-state index contributed by atoms with van der Waals surface area (Å²) in [6.45, 7) is 3.08. The van der Waals surface area contributed by atoms with Gasteiger partial charge in [-0.3, -0.25) is 4.79 Å². The van der Waals surface area contributed by atoms with Crippen molar-refractivity contribution in [1.82, 2.24) is 19.8 Å². The highest BCUT2D eigenvalue weighted by Gasteiger charge is 2.32. The first kappa shape index (κ1) is 22.5. The number of carbonyl (C=O) groups excluding carboxylic acids is 1. The van der Waals surface area contributed by atoms with E-state index in [0.29, 0.717) is 13.0 Å². The number of likely N-dealkylation sites (N-methyl/N-ethyl adjacent to an activating group) is 1. The molecule has 0 unspecified atom stereocenters. The smallest absolute Gasteiger partial charge is 0.224 e. The van der Waals surface area contributed by atoms with Crippen LogP contribution in [0, 0.1) is 5.82 Å². The van der Waals surface area contributed by atoms with Crippen molar-refractivity contribution in [3.05, 3.63) is 47.2 Å². The molecular weight excluding hydrogens is 407 g/mol. The zero-order valence-electron chi connectivity index (χ0n) is 19.3. The predicted octanol–water partition coefficient (Wildman–Crippen LogP) is 3.23. The molecule has 1 amide bonds. The van der Waals surface area contributed by atoms with Crippen LogP contribution in [0.4, 0.5) is 15.9 Å². The van der Waals surface area contributed by atoms with Crippen LogP contribution in [-0.2, 0) is 17.8 Å². The third kappa shape index (κ3) is 4.85. The maximum Gasteiger partial charge on any atom is 0.224 e. The number of rotatable bonds is 6. The van der Waals surface area contributed by atoms with Gasteiger partial charge >= 0.3 is 0 Å². The van der Waals surface area contributed by atoms with Gasteiger partial charge in [0.1, 0.15) is 11.6 Å². The van der Waals surface area contributed by atoms with Crippen LogP contribution in [0.5, 0.6) is 0 Å². The van der Waals surface area contributed by atoms with E-state index in [4.69, 9.17) is 9.97 Å². The number of anilines is 2. The number of benzene rings is 1. The van der Waals surface area contributed by atoms with Gasteiger partial charge in [0.2, 0.25) is 5.91 Å². The van der Waals surface area contributed by atoms with Gasteiger partial charge in [-0.05, 0) is 44.5 Å². The summed E-state index contributed by atoms with van der Waals surface area (Å²) >= 11 is 0. The Kier molecular flexibility index (Phi) is 6.89. The van der Waals surface area contributed by atoms with E-state index in [1.807, 2.05) is 30.0 Å². The Balaban J connectivity index is 1.50. The first-order chi connectivity index (χ1) is 15.5. The van der Waals surface area contributed by atoms with Crippen LogP contribution in [0.1, 0.15) is 48.8 Å². The van der Waals surface area contributed by atoms with Crippen LogP contribution in [-0.4, -0.2) is 66.5 Å². The summed E-state index contributed by atoms with van der Waals surface area (Å²) in [6.07, 6.45) is 4.22. The number of hydrogen-bond donors (Lipinski definition) is 1. The second kappa shape index (κ2) is 9.81. The Morgan fingerprint density at radius 3 is 2.91 bits per heavy atom. The topological polar surface area (TPSA) is 64.6 Å². The highest BCUT2D eigenvalue weighted by Crippen LogP contribution is 2.32. The van der Waals surface area contributed by atoms with Gasteiger partial charge in [0, 0.05) is 64.4 Å². The highest BCUT2D eigenvalue weighted by molar-refractivity contribution is 5.77. The van der Waals surface area contributed by atoms with E-state index in [2.05, 4.69) is 17.3 Å². The number of nitrogens with one attached hydrogen (secondary N) is 1. The van der Waals surface area contributed by atoms with Gasteiger partial charge in [-0.1, -0.05) is 6.07 Å². The van der Waals surface area contributed by atoms with Crippen LogP contribution < -0.4 is 10.2 Å². The van der Waals surface area contributed by atoms with E-state index in [0.717, 1.165) is 73.9 Å². The molecule has 1 saturated heterocycles. The molecule has 1 aromatic carbocycles. The van der Waals surface area contributed by atoms with Crippen molar-refractivity contribution in [2.75, 3.05) is 51.0 Å². The molecule has 1 fully saturated rings. The van der Waals surface area contributed by atoms with E-state index in [-0.39, 0.29) is 17.8 Å². The molecule has 7 nitrogen and oxygen atoms in total. The summed E-state index contributed by atoms with van der Waals surface area (Å²) < 4.78 is 13.5. The Labute approximate surface area is 189 Å². The lowest BCUT2D eigenvalue weighted by Gasteiger charge is -2.36. The fourth-order valence-corrected chi connectivity index (χ4v) is 4.67. The average molecular weight is 441 g/mol. The van der Waals surface area contributed by atoms with Crippen LogP contribution in [0.25, 0.3) is 0 Å². The van der Waals surface area contributed by atoms with Crippen molar-refractivity contribution in [3.63, 3.8) is 0 Å². The first-order valence-corrected chi connectivity index (χ1v) is 11.5. The molecule has 2 aliphatic heterocycles. The number of nitrogens with zero attached hydrogens (tertiary/aromatic N) is 5. The van der Waals surface area contributed by atoms with Crippen molar-refractivity contribution < 1.29 is 9.18 Å². The lowest BCUT2D eigenvalue weighted by Crippen LogP contribution is -2.41. The van der Waals surface area contributed by atoms with E-state index >= 15 is 0 Å². The van der Waals surface area contributed by atoms with Gasteiger partial charge < -0.3 is 20.0 Å². The SMILES string of the molecule is CNc1nc([C@H]2CCCCN2C(=O)CCN(C)c2cccc(F)c2)nc2c1CN(C)CC2. The summed E-state index contributed by atoms with van der Waals surface area (Å²) in [4.78, 5) is 29.2. The van der Waals surface area contributed by atoms with Crippen molar-refractivity contribution in [3.8, 4) is 0 Å². The summed E-state index contributed by atoms with van der Waals surface area (Å²) in [6, 6.07) is 6.37. The molecular formula is C24H33FN6O. The lowest BCUT2D eigenvalue weighted by atomic mass is 9.99. The van der Waals surface area contributed by atoms with Crippen molar-refractivity contribution in [2.24, 2.45) is 0 Å². The average Bonchev–Trinajstić information content (AvgIpc) is 2.81. The summed E-state index contributed by atoms with van der Waals surface area (Å²) in [7, 11) is 5.89. The van der Waals surface area contributed by atoms with Gasteiger partial charge in [-0.15, -0.1) is 0 Å². The minimum atomic E-state index is -0.270. The minimum absolute atomic E-state index is 0.0900. The first-order valence-electron chi connectivity index (χ1n) is 11.5. The summed E-state index contributed by atoms with van der Waals surface area (Å²) in [5.74, 6) is 1.46. The van der Waals surface area contributed by atoms with Gasteiger partial charge in [0.05, 0.1) is 11.7 Å². The van der Waals surface area contributed by atoms with E-state index in [1.54, 1.807) is 6.07 Å². The van der Waals surface area contributed by atoms with Crippen LogP contribution in [0.3, 0.4) is 0 Å². The number of carbonyl (C=O) groups is 1. The van der Waals surface area contributed by atoms with Crippen LogP contribution >= 0.6 is 0 Å². The zero-order valence-corrected chi connectivity index (χ0v) is 19.3. The van der Waals surface area contributed by atoms with E-state index in [9.17, 15) is 9.18 Å². The fourth-order valence-electron chi connectivity index (χ4n) is 4.67. The third-order valence-electron chi connectivity index (χ3n) is 6.54. The quantitative estimate of drug-likeness (QED) is 0.744. The molecule has 0 spiro atoms. The van der Waals surface area contributed by atoms with Crippen LogP contribution in [0.2, 0.25) is 0 Å². The Hall–Kier alpha value is -2.74. The molecule has 3 heterocycles. The van der Waals surface area contributed by atoms with Gasteiger partial charge in [-0.2, -0.15) is 0 Å². The van der Waals surface area contributed by atoms with Gasteiger partial charge in [-0.25, -0.2) is 14.4 Å². The Bertz CT molecular complexity index is 950. The normalized spacial score (nSPS) is 18.9. The molecule has 0 radical (unpaired) electrons. The molecule has 1 N–H and O–H groups in total. The number of likely N-dealkylation sites (tertiary alicyclic amines) is 1. The highest BCUT2D eigenvalue weighted by atomic mass is 19.1. The second-order valence-electron chi connectivity index (χ2n) is 8.84. The van der Waals surface area contributed by atoms with Crippen molar-refractivity contribution in [1.29, 1.82) is 0 Å². The fraction of sp³-hybridized carbons (Fsp3) is 0.542. The third-order valence-corrected chi connectivity index (χ3v) is 6.54. The predicted molar refractivity (Wildman–Crippen MR) is 124 cm³/mol. The van der Waals surface area contributed by atoms with Gasteiger partial charge in [0.15, 0.2) is 5.82 Å². The van der Waals surface area contributed by atoms with Crippen molar-refractivity contribution in [2.45, 2.75) is 44.7 Å².